The zero-order valence-corrected chi connectivity index (χ0v) is 20.3. The number of fused-ring (bicyclic) bond motifs is 1. The summed E-state index contributed by atoms with van der Waals surface area (Å²) < 4.78 is 14.9. The summed E-state index contributed by atoms with van der Waals surface area (Å²) in [6.07, 6.45) is 0. The fourth-order valence-corrected chi connectivity index (χ4v) is 4.79. The molecule has 0 aliphatic rings. The third-order valence-corrected chi connectivity index (χ3v) is 6.67. The molecule has 0 atom stereocenters. The van der Waals surface area contributed by atoms with Gasteiger partial charge >= 0.3 is 11.9 Å². The number of carbonyl (C=O) groups is 3. The van der Waals surface area contributed by atoms with Crippen LogP contribution < -0.4 is 10.1 Å². The number of nitrogens with one attached hydrogen (secondary N) is 1. The zero-order chi connectivity index (χ0) is 25.1. The molecule has 0 bridgehead atoms. The van der Waals surface area contributed by atoms with E-state index in [1.165, 1.54) is 14.2 Å². The normalized spacial score (nSPS) is 10.6. The summed E-state index contributed by atoms with van der Waals surface area (Å²) in [7, 11) is 4.08. The van der Waals surface area contributed by atoms with Crippen LogP contribution in [0.2, 0.25) is 0 Å². The van der Waals surface area contributed by atoms with Gasteiger partial charge in [0, 0.05) is 10.9 Å². The molecule has 1 amide bonds. The summed E-state index contributed by atoms with van der Waals surface area (Å²) in [5, 5.41) is 3.64. The van der Waals surface area contributed by atoms with Gasteiger partial charge < -0.3 is 19.5 Å². The third-order valence-electron chi connectivity index (χ3n) is 5.48. The number of rotatable bonds is 6. The molecule has 0 radical (unpaired) electrons. The van der Waals surface area contributed by atoms with Gasteiger partial charge in [-0.1, -0.05) is 18.2 Å². The lowest BCUT2D eigenvalue weighted by Crippen LogP contribution is -2.15. The number of anilines is 1. The molecule has 4 aromatic rings. The lowest BCUT2D eigenvalue weighted by molar-refractivity contribution is 0.0601. The highest BCUT2D eigenvalue weighted by Gasteiger charge is 2.27. The van der Waals surface area contributed by atoms with Crippen LogP contribution in [0.5, 0.6) is 5.75 Å². The largest absolute Gasteiger partial charge is 0.497 e. The Hall–Kier alpha value is -4.24. The third kappa shape index (κ3) is 4.58. The van der Waals surface area contributed by atoms with Gasteiger partial charge in [-0.2, -0.15) is 0 Å². The van der Waals surface area contributed by atoms with E-state index in [0.29, 0.717) is 33.5 Å². The van der Waals surface area contributed by atoms with Gasteiger partial charge in [0.2, 0.25) is 0 Å². The smallest absolute Gasteiger partial charge is 0.348 e. The number of benzene rings is 2. The van der Waals surface area contributed by atoms with Crippen molar-refractivity contribution < 1.29 is 28.6 Å². The van der Waals surface area contributed by atoms with E-state index < -0.39 is 17.8 Å². The Morgan fingerprint density at radius 1 is 0.914 bits per heavy atom. The highest BCUT2D eigenvalue weighted by atomic mass is 32.1. The van der Waals surface area contributed by atoms with Crippen LogP contribution in [0.1, 0.15) is 36.0 Å². The summed E-state index contributed by atoms with van der Waals surface area (Å²) in [5.41, 5.74) is 2.89. The first-order valence-corrected chi connectivity index (χ1v) is 11.3. The molecule has 0 fully saturated rings. The van der Waals surface area contributed by atoms with E-state index >= 15 is 0 Å². The van der Waals surface area contributed by atoms with E-state index in [4.69, 9.17) is 19.2 Å². The number of ether oxygens (including phenoxy) is 3. The van der Waals surface area contributed by atoms with Crippen molar-refractivity contribution in [1.29, 1.82) is 0 Å². The zero-order valence-electron chi connectivity index (χ0n) is 19.5. The molecule has 0 aliphatic heterocycles. The molecule has 35 heavy (non-hydrogen) atoms. The Balaban J connectivity index is 1.80. The van der Waals surface area contributed by atoms with E-state index in [-0.39, 0.29) is 15.4 Å². The van der Waals surface area contributed by atoms with E-state index in [9.17, 15) is 14.4 Å². The van der Waals surface area contributed by atoms with Crippen molar-refractivity contribution in [1.82, 2.24) is 4.98 Å². The van der Waals surface area contributed by atoms with Crippen LogP contribution in [0, 0.1) is 6.92 Å². The maximum absolute atomic E-state index is 13.5. The van der Waals surface area contributed by atoms with Crippen LogP contribution in [0.4, 0.5) is 5.00 Å². The van der Waals surface area contributed by atoms with Crippen LogP contribution in [0.25, 0.3) is 22.2 Å². The van der Waals surface area contributed by atoms with Crippen LogP contribution in [-0.2, 0) is 9.47 Å². The molecule has 0 spiro atoms. The monoisotopic (exact) mass is 490 g/mol. The molecule has 2 aromatic carbocycles. The fourth-order valence-electron chi connectivity index (χ4n) is 3.68. The molecule has 0 saturated heterocycles. The lowest BCUT2D eigenvalue weighted by Gasteiger charge is -2.11. The summed E-state index contributed by atoms with van der Waals surface area (Å²) in [6.45, 7) is 1.61. The van der Waals surface area contributed by atoms with Gasteiger partial charge in [-0.25, -0.2) is 14.6 Å². The molecule has 178 valence electrons. The molecule has 2 aromatic heterocycles. The fraction of sp³-hybridized carbons (Fsp3) is 0.154. The number of carbonyl (C=O) groups excluding carboxylic acids is 3. The molecule has 8 nitrogen and oxygen atoms in total. The number of hydrogen-bond donors (Lipinski definition) is 1. The second-order valence-corrected chi connectivity index (χ2v) is 8.52. The first-order valence-electron chi connectivity index (χ1n) is 10.5. The van der Waals surface area contributed by atoms with Crippen molar-refractivity contribution in [3.63, 3.8) is 0 Å². The number of esters is 2. The Bertz CT molecular complexity index is 1440. The summed E-state index contributed by atoms with van der Waals surface area (Å²) in [4.78, 5) is 43.1. The molecule has 0 aliphatic carbocycles. The molecular formula is C26H22N2O6S. The maximum atomic E-state index is 13.5. The van der Waals surface area contributed by atoms with E-state index in [1.807, 2.05) is 42.5 Å². The molecule has 1 N–H and O–H groups in total. The average molecular weight is 491 g/mol. The molecular weight excluding hydrogens is 468 g/mol. The number of aromatic nitrogens is 1. The number of para-hydroxylation sites is 1. The van der Waals surface area contributed by atoms with Crippen molar-refractivity contribution >= 4 is 45.1 Å². The number of amides is 1. The minimum Gasteiger partial charge on any atom is -0.497 e. The van der Waals surface area contributed by atoms with Crippen LogP contribution in [0.15, 0.2) is 54.6 Å². The number of methoxy groups -OCH3 is 3. The number of nitrogens with zero attached hydrogens (tertiary/aromatic N) is 1. The van der Waals surface area contributed by atoms with E-state index in [0.717, 1.165) is 16.9 Å². The van der Waals surface area contributed by atoms with Gasteiger partial charge in [-0.3, -0.25) is 4.79 Å². The number of thiophene rings is 1. The minimum atomic E-state index is -0.664. The molecule has 2 heterocycles. The molecule has 0 saturated carbocycles. The highest BCUT2D eigenvalue weighted by Crippen LogP contribution is 2.35. The van der Waals surface area contributed by atoms with Crippen molar-refractivity contribution in [3.8, 4) is 17.0 Å². The second-order valence-electron chi connectivity index (χ2n) is 7.50. The van der Waals surface area contributed by atoms with Gasteiger partial charge in [0.15, 0.2) is 0 Å². The second kappa shape index (κ2) is 9.94. The Morgan fingerprint density at radius 3 is 2.26 bits per heavy atom. The minimum absolute atomic E-state index is 0.111. The van der Waals surface area contributed by atoms with Crippen molar-refractivity contribution in [2.75, 3.05) is 26.6 Å². The summed E-state index contributed by atoms with van der Waals surface area (Å²) in [5.74, 6) is -1.02. The first-order chi connectivity index (χ1) is 16.9. The Labute approximate surface area is 205 Å². The highest BCUT2D eigenvalue weighted by molar-refractivity contribution is 7.18. The quantitative estimate of drug-likeness (QED) is 0.375. The summed E-state index contributed by atoms with van der Waals surface area (Å²) in [6, 6.07) is 16.3. The topological polar surface area (TPSA) is 104 Å². The van der Waals surface area contributed by atoms with Crippen LogP contribution in [-0.4, -0.2) is 44.2 Å². The Kier molecular flexibility index (Phi) is 6.79. The van der Waals surface area contributed by atoms with Gasteiger partial charge in [0.25, 0.3) is 5.91 Å². The van der Waals surface area contributed by atoms with Gasteiger partial charge in [0.05, 0.1) is 43.7 Å². The molecule has 9 heteroatoms. The van der Waals surface area contributed by atoms with Crippen LogP contribution in [0.3, 0.4) is 0 Å². The van der Waals surface area contributed by atoms with Gasteiger partial charge in [-0.15, -0.1) is 11.3 Å². The van der Waals surface area contributed by atoms with E-state index in [1.54, 1.807) is 26.2 Å². The van der Waals surface area contributed by atoms with Crippen molar-refractivity contribution in [3.05, 3.63) is 76.2 Å². The lowest BCUT2D eigenvalue weighted by atomic mass is 10.0. The van der Waals surface area contributed by atoms with E-state index in [2.05, 4.69) is 5.32 Å². The van der Waals surface area contributed by atoms with Gasteiger partial charge in [-0.05, 0) is 48.9 Å². The average Bonchev–Trinajstić information content (AvgIpc) is 3.22. The Morgan fingerprint density at radius 2 is 1.60 bits per heavy atom. The number of pyridine rings is 1. The predicted molar refractivity (Wildman–Crippen MR) is 133 cm³/mol. The van der Waals surface area contributed by atoms with Crippen LogP contribution >= 0.6 is 11.3 Å². The van der Waals surface area contributed by atoms with Crippen molar-refractivity contribution in [2.45, 2.75) is 6.92 Å². The standard InChI is InChI=1S/C26H22N2O6S/c1-14-21(25(30)33-3)24(35-22(14)26(31)34-4)28-23(29)18-13-20(15-9-11-16(32-2)12-10-15)27-19-8-6-5-7-17(18)19/h5-13H,1-4H3,(H,28,29). The molecule has 4 rings (SSSR count). The van der Waals surface area contributed by atoms with Gasteiger partial charge in [0.1, 0.15) is 15.6 Å². The summed E-state index contributed by atoms with van der Waals surface area (Å²) >= 11 is 0.959. The SMILES string of the molecule is COC(=O)c1sc(NC(=O)c2cc(-c3ccc(OC)cc3)nc3ccccc23)c(C(=O)OC)c1C. The predicted octanol–water partition coefficient (Wildman–Crippen LogP) is 5.11. The maximum Gasteiger partial charge on any atom is 0.348 e. The number of hydrogen-bond acceptors (Lipinski definition) is 8. The molecule has 0 unspecified atom stereocenters. The first kappa shape index (κ1) is 23.9. The van der Waals surface area contributed by atoms with Crippen molar-refractivity contribution in [2.24, 2.45) is 0 Å².